The third-order valence-corrected chi connectivity index (χ3v) is 2.93. The van der Waals surface area contributed by atoms with E-state index in [0.29, 0.717) is 16.4 Å². The summed E-state index contributed by atoms with van der Waals surface area (Å²) in [5.41, 5.74) is 0.422. The fraction of sp³-hybridized carbons (Fsp3) is 0.111. The maximum Gasteiger partial charge on any atom is 0.261 e. The van der Waals surface area contributed by atoms with Crippen molar-refractivity contribution in [3.63, 3.8) is 0 Å². The molecule has 17 heavy (non-hydrogen) atoms. The Bertz CT molecular complexity index is 532. The molecule has 1 aromatic heterocycles. The van der Waals surface area contributed by atoms with Gasteiger partial charge in [-0.15, -0.1) is 0 Å². The van der Waals surface area contributed by atoms with Crippen LogP contribution in [-0.4, -0.2) is 27.8 Å². The number of amides is 1. The van der Waals surface area contributed by atoms with Gasteiger partial charge < -0.3 is 4.74 Å². The van der Waals surface area contributed by atoms with E-state index in [2.05, 4.69) is 36.0 Å². The lowest BCUT2D eigenvalue weighted by Gasteiger charge is -2.07. The van der Waals surface area contributed by atoms with Crippen LogP contribution in [0.15, 0.2) is 22.7 Å². The van der Waals surface area contributed by atoms with Crippen molar-refractivity contribution < 1.29 is 9.53 Å². The summed E-state index contributed by atoms with van der Waals surface area (Å²) in [4.78, 5) is 11.9. The van der Waals surface area contributed by atoms with E-state index in [9.17, 15) is 4.79 Å². The van der Waals surface area contributed by atoms with Crippen LogP contribution >= 0.6 is 27.5 Å². The molecule has 0 unspecified atom stereocenters. The van der Waals surface area contributed by atoms with Crippen molar-refractivity contribution in [2.24, 2.45) is 0 Å². The number of rotatable bonds is 3. The second-order valence-electron chi connectivity index (χ2n) is 2.97. The predicted octanol–water partition coefficient (Wildman–Crippen LogP) is 1.96. The molecule has 6 nitrogen and oxygen atoms in total. The molecule has 0 spiro atoms. The summed E-state index contributed by atoms with van der Waals surface area (Å²) in [6, 6.07) is 5.13. The van der Waals surface area contributed by atoms with Crippen molar-refractivity contribution in [3.05, 3.63) is 28.2 Å². The minimum atomic E-state index is -0.312. The number of nitrogens with zero attached hydrogens (tertiary/aromatic N) is 3. The van der Waals surface area contributed by atoms with Gasteiger partial charge in [0.15, 0.2) is 0 Å². The van der Waals surface area contributed by atoms with Gasteiger partial charge in [-0.25, -0.2) is 0 Å². The first-order chi connectivity index (χ1) is 8.20. The molecule has 1 heterocycles. The van der Waals surface area contributed by atoms with Crippen molar-refractivity contribution in [3.8, 4) is 5.75 Å². The molecule has 1 N–H and O–H groups in total. The highest BCUT2D eigenvalue weighted by Crippen LogP contribution is 2.24. The van der Waals surface area contributed by atoms with Crippen molar-refractivity contribution >= 4 is 38.5 Å². The normalized spacial score (nSPS) is 10.0. The van der Waals surface area contributed by atoms with Crippen LogP contribution in [0, 0.1) is 0 Å². The van der Waals surface area contributed by atoms with Crippen molar-refractivity contribution in [2.45, 2.75) is 0 Å². The van der Waals surface area contributed by atoms with E-state index in [1.54, 1.807) is 18.2 Å². The Kier molecular flexibility index (Phi) is 3.64. The molecule has 0 bridgehead atoms. The summed E-state index contributed by atoms with van der Waals surface area (Å²) in [5, 5.41) is 9.95. The first-order valence-corrected chi connectivity index (χ1v) is 6.07. The summed E-state index contributed by atoms with van der Waals surface area (Å²) in [6.45, 7) is 0. The molecule has 0 saturated carbocycles. The molecular weight excluding hydrogens is 308 g/mol. The molecule has 0 radical (unpaired) electrons. The number of ether oxygens (including phenoxy) is 1. The SMILES string of the molecule is COc1cc(Br)ccc1C(=O)Nc1nnns1. The second-order valence-corrected chi connectivity index (χ2v) is 4.61. The van der Waals surface area contributed by atoms with Gasteiger partial charge in [-0.1, -0.05) is 25.5 Å². The molecule has 0 saturated heterocycles. The van der Waals surface area contributed by atoms with Gasteiger partial charge >= 0.3 is 0 Å². The van der Waals surface area contributed by atoms with E-state index in [-0.39, 0.29) is 5.91 Å². The van der Waals surface area contributed by atoms with Crippen molar-refractivity contribution in [1.82, 2.24) is 14.8 Å². The minimum Gasteiger partial charge on any atom is -0.496 e. The summed E-state index contributed by atoms with van der Waals surface area (Å²) >= 11 is 4.31. The third-order valence-electron chi connectivity index (χ3n) is 1.93. The molecular formula is C9H7BrN4O2S. The van der Waals surface area contributed by atoms with E-state index in [1.165, 1.54) is 7.11 Å². The van der Waals surface area contributed by atoms with Gasteiger partial charge in [0, 0.05) is 16.0 Å². The van der Waals surface area contributed by atoms with Crippen LogP contribution in [0.4, 0.5) is 5.13 Å². The molecule has 8 heteroatoms. The quantitative estimate of drug-likeness (QED) is 0.937. The fourth-order valence-electron chi connectivity index (χ4n) is 1.20. The Morgan fingerprint density at radius 2 is 2.35 bits per heavy atom. The summed E-state index contributed by atoms with van der Waals surface area (Å²) < 4.78 is 9.52. The molecule has 2 aromatic rings. The minimum absolute atomic E-state index is 0.312. The van der Waals surface area contributed by atoms with Crippen molar-refractivity contribution in [1.29, 1.82) is 0 Å². The smallest absolute Gasteiger partial charge is 0.261 e. The number of anilines is 1. The maximum atomic E-state index is 11.9. The van der Waals surface area contributed by atoms with Gasteiger partial charge in [-0.2, -0.15) is 0 Å². The van der Waals surface area contributed by atoms with Gasteiger partial charge in [0.05, 0.1) is 12.7 Å². The second kappa shape index (κ2) is 5.19. The predicted molar refractivity (Wildman–Crippen MR) is 66.4 cm³/mol. The van der Waals surface area contributed by atoms with E-state index in [1.807, 2.05) is 0 Å². The van der Waals surface area contributed by atoms with Gasteiger partial charge in [0.25, 0.3) is 5.91 Å². The Morgan fingerprint density at radius 3 is 3.00 bits per heavy atom. The number of carbonyl (C=O) groups excluding carboxylic acids is 1. The highest BCUT2D eigenvalue weighted by atomic mass is 79.9. The summed E-state index contributed by atoms with van der Waals surface area (Å²) in [7, 11) is 1.51. The van der Waals surface area contributed by atoms with Crippen LogP contribution in [0.1, 0.15) is 10.4 Å². The Labute approximate surface area is 109 Å². The van der Waals surface area contributed by atoms with Crippen LogP contribution in [0.3, 0.4) is 0 Å². The zero-order chi connectivity index (χ0) is 12.3. The molecule has 0 aliphatic rings. The molecule has 0 atom stereocenters. The number of benzene rings is 1. The number of carbonyl (C=O) groups is 1. The zero-order valence-electron chi connectivity index (χ0n) is 8.68. The third kappa shape index (κ3) is 2.77. The lowest BCUT2D eigenvalue weighted by Crippen LogP contribution is -2.13. The number of aromatic nitrogens is 3. The van der Waals surface area contributed by atoms with Crippen LogP contribution in [0.25, 0.3) is 0 Å². The number of hydrogen-bond donors (Lipinski definition) is 1. The topological polar surface area (TPSA) is 77.0 Å². The van der Waals surface area contributed by atoms with E-state index in [0.717, 1.165) is 16.0 Å². The van der Waals surface area contributed by atoms with Gasteiger partial charge in [0.2, 0.25) is 5.13 Å². The van der Waals surface area contributed by atoms with Crippen LogP contribution in [0.5, 0.6) is 5.75 Å². The lowest BCUT2D eigenvalue weighted by molar-refractivity contribution is 0.102. The Balaban J connectivity index is 2.24. The van der Waals surface area contributed by atoms with Gasteiger partial charge in [-0.3, -0.25) is 10.1 Å². The zero-order valence-corrected chi connectivity index (χ0v) is 11.1. The van der Waals surface area contributed by atoms with E-state index < -0.39 is 0 Å². The summed E-state index contributed by atoms with van der Waals surface area (Å²) in [6.07, 6.45) is 0. The lowest BCUT2D eigenvalue weighted by atomic mass is 10.2. The number of hydrogen-bond acceptors (Lipinski definition) is 6. The van der Waals surface area contributed by atoms with E-state index >= 15 is 0 Å². The highest BCUT2D eigenvalue weighted by molar-refractivity contribution is 9.10. The average molecular weight is 315 g/mol. The molecule has 1 amide bonds. The van der Waals surface area contributed by atoms with Crippen LogP contribution < -0.4 is 10.1 Å². The number of halogens is 1. The fourth-order valence-corrected chi connectivity index (χ4v) is 1.90. The van der Waals surface area contributed by atoms with Crippen molar-refractivity contribution in [2.75, 3.05) is 12.4 Å². The molecule has 0 fully saturated rings. The van der Waals surface area contributed by atoms with Gasteiger partial charge in [-0.05, 0) is 23.4 Å². The molecule has 0 aliphatic carbocycles. The highest BCUT2D eigenvalue weighted by Gasteiger charge is 2.14. The Morgan fingerprint density at radius 1 is 1.53 bits per heavy atom. The molecule has 0 aliphatic heterocycles. The van der Waals surface area contributed by atoms with Crippen LogP contribution in [0.2, 0.25) is 0 Å². The van der Waals surface area contributed by atoms with Gasteiger partial charge in [0.1, 0.15) is 5.75 Å². The molecule has 88 valence electrons. The first kappa shape index (κ1) is 11.9. The maximum absolute atomic E-state index is 11.9. The number of methoxy groups -OCH3 is 1. The average Bonchev–Trinajstić information content (AvgIpc) is 2.81. The molecule has 1 aromatic carbocycles. The van der Waals surface area contributed by atoms with E-state index in [4.69, 9.17) is 4.74 Å². The summed E-state index contributed by atoms with van der Waals surface area (Å²) in [5.74, 6) is 0.169. The standard InChI is InChI=1S/C9H7BrN4O2S/c1-16-7-4-5(10)2-3-6(7)8(15)11-9-12-13-14-17-9/h2-4H,1H3,(H,11,12,14,15). The largest absolute Gasteiger partial charge is 0.496 e. The Hall–Kier alpha value is -1.54. The number of nitrogens with one attached hydrogen (secondary N) is 1. The van der Waals surface area contributed by atoms with Crippen LogP contribution in [-0.2, 0) is 0 Å². The molecule has 2 rings (SSSR count). The first-order valence-electron chi connectivity index (χ1n) is 4.50. The monoisotopic (exact) mass is 314 g/mol.